The lowest BCUT2D eigenvalue weighted by Gasteiger charge is -2.21. The van der Waals surface area contributed by atoms with Gasteiger partial charge in [0.1, 0.15) is 9.77 Å². The monoisotopic (exact) mass is 385 g/mol. The van der Waals surface area contributed by atoms with Gasteiger partial charge >= 0.3 is 5.97 Å². The van der Waals surface area contributed by atoms with Crippen LogP contribution in [-0.2, 0) is 14.8 Å². The number of halogens is 1. The lowest BCUT2D eigenvalue weighted by Crippen LogP contribution is -2.40. The Kier molecular flexibility index (Phi) is 5.73. The second-order valence-corrected chi connectivity index (χ2v) is 8.52. The van der Waals surface area contributed by atoms with E-state index in [2.05, 4.69) is 25.4 Å². The molecule has 1 aromatic heterocycles. The van der Waals surface area contributed by atoms with Crippen molar-refractivity contribution < 1.29 is 23.1 Å². The molecule has 1 rings (SSSR count). The van der Waals surface area contributed by atoms with Crippen molar-refractivity contribution in [3.63, 3.8) is 0 Å². The molecule has 0 radical (unpaired) electrons. The SMILES string of the molecule is CCC(C)(O)CNS(=O)(=O)c1cc(C(=O)OC)sc1Br. The first-order valence-corrected chi connectivity index (χ1v) is 8.82. The van der Waals surface area contributed by atoms with Gasteiger partial charge in [0.05, 0.1) is 16.5 Å². The lowest BCUT2D eigenvalue weighted by molar-refractivity contribution is 0.0601. The van der Waals surface area contributed by atoms with E-state index in [4.69, 9.17) is 0 Å². The van der Waals surface area contributed by atoms with Crippen LogP contribution in [0, 0.1) is 0 Å². The Morgan fingerprint density at radius 3 is 2.70 bits per heavy atom. The smallest absolute Gasteiger partial charge is 0.348 e. The molecule has 0 amide bonds. The highest BCUT2D eigenvalue weighted by atomic mass is 79.9. The molecule has 9 heteroatoms. The van der Waals surface area contributed by atoms with Crippen LogP contribution in [-0.4, -0.2) is 38.7 Å². The summed E-state index contributed by atoms with van der Waals surface area (Å²) in [5.41, 5.74) is -1.12. The van der Waals surface area contributed by atoms with E-state index in [1.165, 1.54) is 20.1 Å². The van der Waals surface area contributed by atoms with Gasteiger partial charge in [-0.2, -0.15) is 0 Å². The molecule has 0 aliphatic rings. The number of nitrogens with one attached hydrogen (secondary N) is 1. The molecule has 0 saturated carbocycles. The highest BCUT2D eigenvalue weighted by Crippen LogP contribution is 2.32. The van der Waals surface area contributed by atoms with Crippen molar-refractivity contribution >= 4 is 43.3 Å². The highest BCUT2D eigenvalue weighted by Gasteiger charge is 2.26. The maximum Gasteiger partial charge on any atom is 0.348 e. The maximum atomic E-state index is 12.1. The van der Waals surface area contributed by atoms with Crippen LogP contribution in [0.5, 0.6) is 0 Å². The molecule has 0 fully saturated rings. The van der Waals surface area contributed by atoms with Gasteiger partial charge in [-0.05, 0) is 35.3 Å². The summed E-state index contributed by atoms with van der Waals surface area (Å²) < 4.78 is 31.5. The number of thiophene rings is 1. The van der Waals surface area contributed by atoms with Crippen molar-refractivity contribution in [1.29, 1.82) is 0 Å². The average molecular weight is 386 g/mol. The van der Waals surface area contributed by atoms with Crippen molar-refractivity contribution in [3.05, 3.63) is 14.7 Å². The van der Waals surface area contributed by atoms with Gasteiger partial charge in [-0.15, -0.1) is 11.3 Å². The summed E-state index contributed by atoms with van der Waals surface area (Å²) in [5.74, 6) is -0.599. The Balaban J connectivity index is 2.99. The summed E-state index contributed by atoms with van der Waals surface area (Å²) in [6.07, 6.45) is 0.410. The standard InChI is InChI=1S/C11H16BrNO5S2/c1-4-11(2,15)6-13-20(16,17)8-5-7(10(14)18-3)19-9(8)12/h5,13,15H,4,6H2,1-3H3. The van der Waals surface area contributed by atoms with Crippen molar-refractivity contribution in [3.8, 4) is 0 Å². The Morgan fingerprint density at radius 2 is 2.20 bits per heavy atom. The number of esters is 1. The van der Waals surface area contributed by atoms with E-state index >= 15 is 0 Å². The van der Waals surface area contributed by atoms with Crippen LogP contribution in [0.15, 0.2) is 14.7 Å². The number of rotatable bonds is 6. The molecule has 0 aliphatic heterocycles. The van der Waals surface area contributed by atoms with Crippen molar-refractivity contribution in [1.82, 2.24) is 4.72 Å². The van der Waals surface area contributed by atoms with Gasteiger partial charge in [0.2, 0.25) is 10.0 Å². The Bertz CT molecular complexity index is 594. The maximum absolute atomic E-state index is 12.1. The van der Waals surface area contributed by atoms with Crippen LogP contribution >= 0.6 is 27.3 Å². The van der Waals surface area contributed by atoms with Gasteiger partial charge in [-0.3, -0.25) is 0 Å². The third-order valence-corrected chi connectivity index (χ3v) is 6.37. The van der Waals surface area contributed by atoms with E-state index < -0.39 is 21.6 Å². The van der Waals surface area contributed by atoms with E-state index in [0.29, 0.717) is 10.2 Å². The zero-order valence-electron chi connectivity index (χ0n) is 11.3. The number of hydrogen-bond donors (Lipinski definition) is 2. The molecular weight excluding hydrogens is 370 g/mol. The average Bonchev–Trinajstić information content (AvgIpc) is 2.79. The molecule has 20 heavy (non-hydrogen) atoms. The lowest BCUT2D eigenvalue weighted by atomic mass is 10.1. The van der Waals surface area contributed by atoms with Gasteiger partial charge in [-0.25, -0.2) is 17.9 Å². The molecule has 114 valence electrons. The van der Waals surface area contributed by atoms with Crippen LogP contribution in [0.25, 0.3) is 0 Å². The fourth-order valence-corrected chi connectivity index (χ4v) is 4.83. The number of sulfonamides is 1. The normalized spacial score (nSPS) is 14.8. The first kappa shape index (κ1) is 17.6. The third kappa shape index (κ3) is 4.26. The quantitative estimate of drug-likeness (QED) is 0.727. The number of aliphatic hydroxyl groups is 1. The third-order valence-electron chi connectivity index (χ3n) is 2.74. The van der Waals surface area contributed by atoms with Crippen LogP contribution < -0.4 is 4.72 Å². The molecule has 1 aromatic rings. The molecule has 2 N–H and O–H groups in total. The largest absolute Gasteiger partial charge is 0.465 e. The molecule has 1 atom stereocenters. The summed E-state index contributed by atoms with van der Waals surface area (Å²) in [6, 6.07) is 1.24. The predicted molar refractivity (Wildman–Crippen MR) is 79.5 cm³/mol. The van der Waals surface area contributed by atoms with E-state index in [9.17, 15) is 18.3 Å². The molecule has 0 spiro atoms. The zero-order chi connectivity index (χ0) is 15.6. The molecule has 0 saturated heterocycles. The number of ether oxygens (including phenoxy) is 1. The minimum absolute atomic E-state index is 0.0465. The minimum atomic E-state index is -3.81. The number of hydrogen-bond acceptors (Lipinski definition) is 6. The predicted octanol–water partition coefficient (Wildman–Crippen LogP) is 1.74. The van der Waals surface area contributed by atoms with Gasteiger partial charge in [0.15, 0.2) is 0 Å². The second kappa shape index (κ2) is 6.52. The Hall–Kier alpha value is -0.480. The van der Waals surface area contributed by atoms with Crippen molar-refractivity contribution in [2.24, 2.45) is 0 Å². The van der Waals surface area contributed by atoms with Crippen LogP contribution in [0.1, 0.15) is 29.9 Å². The molecule has 6 nitrogen and oxygen atoms in total. The molecule has 0 aromatic carbocycles. The van der Waals surface area contributed by atoms with E-state index in [-0.39, 0.29) is 16.3 Å². The minimum Gasteiger partial charge on any atom is -0.465 e. The summed E-state index contributed by atoms with van der Waals surface area (Å²) in [5, 5.41) is 9.82. The summed E-state index contributed by atoms with van der Waals surface area (Å²) in [4.78, 5) is 11.5. The van der Waals surface area contributed by atoms with Gasteiger partial charge in [0, 0.05) is 6.54 Å². The number of carbonyl (C=O) groups excluding carboxylic acids is 1. The van der Waals surface area contributed by atoms with E-state index in [1.807, 2.05) is 0 Å². The molecule has 0 aliphatic carbocycles. The number of methoxy groups -OCH3 is 1. The first-order chi connectivity index (χ1) is 9.13. The van der Waals surface area contributed by atoms with E-state index in [1.54, 1.807) is 6.92 Å². The highest BCUT2D eigenvalue weighted by molar-refractivity contribution is 9.11. The Labute approximate surface area is 130 Å². The van der Waals surface area contributed by atoms with Gasteiger partial charge < -0.3 is 9.84 Å². The Morgan fingerprint density at radius 1 is 1.60 bits per heavy atom. The molecule has 0 bridgehead atoms. The molecule has 1 unspecified atom stereocenters. The molecule has 1 heterocycles. The number of carbonyl (C=O) groups is 1. The van der Waals surface area contributed by atoms with Crippen LogP contribution in [0.2, 0.25) is 0 Å². The summed E-state index contributed by atoms with van der Waals surface area (Å²) in [6.45, 7) is 3.18. The van der Waals surface area contributed by atoms with E-state index in [0.717, 1.165) is 11.3 Å². The zero-order valence-corrected chi connectivity index (χ0v) is 14.5. The second-order valence-electron chi connectivity index (χ2n) is 4.42. The van der Waals surface area contributed by atoms with Crippen molar-refractivity contribution in [2.75, 3.05) is 13.7 Å². The summed E-state index contributed by atoms with van der Waals surface area (Å²) >= 11 is 4.09. The first-order valence-electron chi connectivity index (χ1n) is 5.72. The fraction of sp³-hybridized carbons (Fsp3) is 0.545. The molecular formula is C11H16BrNO5S2. The van der Waals surface area contributed by atoms with Crippen molar-refractivity contribution in [2.45, 2.75) is 30.8 Å². The fourth-order valence-electron chi connectivity index (χ4n) is 1.19. The van der Waals surface area contributed by atoms with Gasteiger partial charge in [0.25, 0.3) is 0 Å². The summed E-state index contributed by atoms with van der Waals surface area (Å²) in [7, 11) is -2.59. The van der Waals surface area contributed by atoms with Crippen LogP contribution in [0.3, 0.4) is 0 Å². The van der Waals surface area contributed by atoms with Gasteiger partial charge in [-0.1, -0.05) is 6.92 Å². The van der Waals surface area contributed by atoms with Crippen LogP contribution in [0.4, 0.5) is 0 Å². The topological polar surface area (TPSA) is 92.7 Å².